The minimum atomic E-state index is -0.0320. The topological polar surface area (TPSA) is 54.9 Å². The number of benzene rings is 1. The van der Waals surface area contributed by atoms with E-state index in [4.69, 9.17) is 9.47 Å². The Morgan fingerprint density at radius 2 is 2.12 bits per heavy atom. The predicted molar refractivity (Wildman–Crippen MR) is 91.2 cm³/mol. The quantitative estimate of drug-likeness (QED) is 0.866. The molecule has 1 aromatic carbocycles. The van der Waals surface area contributed by atoms with E-state index >= 15 is 0 Å². The standard InChI is InChI=1S/C18H21N3O3/c1-23-17-6-2-5-16(12-17)21(14-15-4-3-7-19-13-15)18(22)20-8-10-24-11-9-20/h2-7,12-13H,8-11,14H2,1H3. The van der Waals surface area contributed by atoms with Gasteiger partial charge in [-0.1, -0.05) is 12.1 Å². The molecule has 1 aromatic heterocycles. The summed E-state index contributed by atoms with van der Waals surface area (Å²) in [6, 6.07) is 11.3. The SMILES string of the molecule is COc1cccc(N(Cc2cccnc2)C(=O)N2CCOCC2)c1. The van der Waals surface area contributed by atoms with E-state index in [0.717, 1.165) is 17.0 Å². The summed E-state index contributed by atoms with van der Waals surface area (Å²) in [6.45, 7) is 2.81. The molecule has 3 rings (SSSR count). The largest absolute Gasteiger partial charge is 0.497 e. The van der Waals surface area contributed by atoms with Gasteiger partial charge in [-0.15, -0.1) is 0 Å². The Morgan fingerprint density at radius 1 is 1.29 bits per heavy atom. The lowest BCUT2D eigenvalue weighted by molar-refractivity contribution is 0.0548. The van der Waals surface area contributed by atoms with Crippen LogP contribution in [-0.4, -0.2) is 49.3 Å². The Kier molecular flexibility index (Phi) is 5.28. The van der Waals surface area contributed by atoms with Crippen LogP contribution >= 0.6 is 0 Å². The molecule has 24 heavy (non-hydrogen) atoms. The van der Waals surface area contributed by atoms with Gasteiger partial charge in [-0.3, -0.25) is 9.88 Å². The van der Waals surface area contributed by atoms with Gasteiger partial charge in [0.15, 0.2) is 0 Å². The third-order valence-corrected chi connectivity index (χ3v) is 3.94. The maximum absolute atomic E-state index is 13.0. The molecule has 0 spiro atoms. The van der Waals surface area contributed by atoms with Gasteiger partial charge in [-0.25, -0.2) is 4.79 Å². The molecule has 2 amide bonds. The molecule has 1 saturated heterocycles. The minimum Gasteiger partial charge on any atom is -0.497 e. The van der Waals surface area contributed by atoms with Gasteiger partial charge in [-0.2, -0.15) is 0 Å². The van der Waals surface area contributed by atoms with Crippen molar-refractivity contribution in [1.82, 2.24) is 9.88 Å². The molecule has 0 bridgehead atoms. The lowest BCUT2D eigenvalue weighted by atomic mass is 10.2. The first-order valence-corrected chi connectivity index (χ1v) is 7.95. The molecule has 2 aromatic rings. The van der Waals surface area contributed by atoms with E-state index in [1.54, 1.807) is 24.4 Å². The molecule has 126 valence electrons. The van der Waals surface area contributed by atoms with Gasteiger partial charge < -0.3 is 14.4 Å². The Morgan fingerprint density at radius 3 is 2.83 bits per heavy atom. The van der Waals surface area contributed by atoms with E-state index in [2.05, 4.69) is 4.98 Å². The minimum absolute atomic E-state index is 0.0320. The fourth-order valence-electron chi connectivity index (χ4n) is 2.65. The van der Waals surface area contributed by atoms with Gasteiger partial charge in [-0.05, 0) is 23.8 Å². The molecule has 0 atom stereocenters. The van der Waals surface area contributed by atoms with Gasteiger partial charge in [0.05, 0.1) is 26.9 Å². The molecule has 1 aliphatic heterocycles. The third kappa shape index (κ3) is 3.83. The molecule has 2 heterocycles. The number of nitrogens with zero attached hydrogens (tertiary/aromatic N) is 3. The Bertz CT molecular complexity index is 672. The summed E-state index contributed by atoms with van der Waals surface area (Å²) < 4.78 is 10.6. The lowest BCUT2D eigenvalue weighted by Gasteiger charge is -2.33. The maximum atomic E-state index is 13.0. The number of aromatic nitrogens is 1. The van der Waals surface area contributed by atoms with E-state index in [-0.39, 0.29) is 6.03 Å². The van der Waals surface area contributed by atoms with Crippen molar-refractivity contribution in [3.8, 4) is 5.75 Å². The Balaban J connectivity index is 1.88. The van der Waals surface area contributed by atoms with Crippen LogP contribution in [0.25, 0.3) is 0 Å². The molecular formula is C18H21N3O3. The van der Waals surface area contributed by atoms with Crippen LogP contribution in [0.3, 0.4) is 0 Å². The van der Waals surface area contributed by atoms with Crippen molar-refractivity contribution in [2.45, 2.75) is 6.54 Å². The van der Waals surface area contributed by atoms with Crippen molar-refractivity contribution in [3.63, 3.8) is 0 Å². The van der Waals surface area contributed by atoms with Crippen molar-refractivity contribution >= 4 is 11.7 Å². The summed E-state index contributed by atoms with van der Waals surface area (Å²) in [6.07, 6.45) is 3.50. The number of carbonyl (C=O) groups is 1. The van der Waals surface area contributed by atoms with Gasteiger partial charge in [0, 0.05) is 37.2 Å². The summed E-state index contributed by atoms with van der Waals surface area (Å²) in [5.41, 5.74) is 1.77. The van der Waals surface area contributed by atoms with Crippen LogP contribution in [0, 0.1) is 0 Å². The van der Waals surface area contributed by atoms with Crippen LogP contribution in [-0.2, 0) is 11.3 Å². The van der Waals surface area contributed by atoms with Crippen molar-refractivity contribution in [2.24, 2.45) is 0 Å². The normalized spacial score (nSPS) is 14.3. The Labute approximate surface area is 141 Å². The van der Waals surface area contributed by atoms with Gasteiger partial charge in [0.2, 0.25) is 0 Å². The second kappa shape index (κ2) is 7.79. The van der Waals surface area contributed by atoms with Crippen LogP contribution in [0.5, 0.6) is 5.75 Å². The van der Waals surface area contributed by atoms with Crippen LogP contribution in [0.15, 0.2) is 48.8 Å². The Hall–Kier alpha value is -2.60. The summed E-state index contributed by atoms with van der Waals surface area (Å²) in [4.78, 5) is 20.8. The molecule has 0 N–H and O–H groups in total. The predicted octanol–water partition coefficient (Wildman–Crippen LogP) is 2.55. The van der Waals surface area contributed by atoms with E-state index < -0.39 is 0 Å². The first-order valence-electron chi connectivity index (χ1n) is 7.95. The average Bonchev–Trinajstić information content (AvgIpc) is 2.67. The van der Waals surface area contributed by atoms with Crippen molar-refractivity contribution in [1.29, 1.82) is 0 Å². The number of hydrogen-bond acceptors (Lipinski definition) is 4. The highest BCUT2D eigenvalue weighted by molar-refractivity contribution is 5.92. The molecular weight excluding hydrogens is 306 g/mol. The first-order chi connectivity index (χ1) is 11.8. The van der Waals surface area contributed by atoms with E-state index in [1.165, 1.54) is 0 Å². The zero-order valence-electron chi connectivity index (χ0n) is 13.7. The van der Waals surface area contributed by atoms with Crippen molar-refractivity contribution in [2.75, 3.05) is 38.3 Å². The fraction of sp³-hybridized carbons (Fsp3) is 0.333. The number of urea groups is 1. The molecule has 0 radical (unpaired) electrons. The number of anilines is 1. The number of rotatable bonds is 4. The van der Waals surface area contributed by atoms with E-state index in [1.807, 2.05) is 41.3 Å². The summed E-state index contributed by atoms with van der Waals surface area (Å²) in [5, 5.41) is 0. The van der Waals surface area contributed by atoms with E-state index in [0.29, 0.717) is 32.8 Å². The lowest BCUT2D eigenvalue weighted by Crippen LogP contribution is -2.48. The number of morpholine rings is 1. The van der Waals surface area contributed by atoms with Crippen LogP contribution < -0.4 is 9.64 Å². The highest BCUT2D eigenvalue weighted by Crippen LogP contribution is 2.24. The molecule has 1 fully saturated rings. The molecule has 1 aliphatic rings. The number of carbonyl (C=O) groups excluding carboxylic acids is 1. The number of ether oxygens (including phenoxy) is 2. The highest BCUT2D eigenvalue weighted by Gasteiger charge is 2.24. The fourth-order valence-corrected chi connectivity index (χ4v) is 2.65. The van der Waals surface area contributed by atoms with Gasteiger partial charge >= 0.3 is 6.03 Å². The molecule has 0 saturated carbocycles. The monoisotopic (exact) mass is 327 g/mol. The van der Waals surface area contributed by atoms with Crippen LogP contribution in [0.2, 0.25) is 0 Å². The smallest absolute Gasteiger partial charge is 0.324 e. The molecule has 0 aliphatic carbocycles. The first kappa shape index (κ1) is 16.3. The second-order valence-electron chi connectivity index (χ2n) is 5.53. The summed E-state index contributed by atoms with van der Waals surface area (Å²) in [7, 11) is 1.62. The average molecular weight is 327 g/mol. The highest BCUT2D eigenvalue weighted by atomic mass is 16.5. The molecule has 0 unspecified atom stereocenters. The number of methoxy groups -OCH3 is 1. The van der Waals surface area contributed by atoms with Gasteiger partial charge in [0.25, 0.3) is 0 Å². The number of hydrogen-bond donors (Lipinski definition) is 0. The second-order valence-corrected chi connectivity index (χ2v) is 5.53. The molecule has 6 heteroatoms. The number of pyridine rings is 1. The van der Waals surface area contributed by atoms with Crippen LogP contribution in [0.1, 0.15) is 5.56 Å². The maximum Gasteiger partial charge on any atom is 0.324 e. The van der Waals surface area contributed by atoms with Crippen molar-refractivity contribution < 1.29 is 14.3 Å². The van der Waals surface area contributed by atoms with Crippen LogP contribution in [0.4, 0.5) is 10.5 Å². The zero-order valence-corrected chi connectivity index (χ0v) is 13.7. The zero-order chi connectivity index (χ0) is 16.8. The summed E-state index contributed by atoms with van der Waals surface area (Å²) >= 11 is 0. The molecule has 6 nitrogen and oxygen atoms in total. The third-order valence-electron chi connectivity index (χ3n) is 3.94. The van der Waals surface area contributed by atoms with Gasteiger partial charge in [0.1, 0.15) is 5.75 Å². The number of amides is 2. The van der Waals surface area contributed by atoms with Crippen molar-refractivity contribution in [3.05, 3.63) is 54.4 Å². The van der Waals surface area contributed by atoms with E-state index in [9.17, 15) is 4.79 Å². The summed E-state index contributed by atoms with van der Waals surface area (Å²) in [5.74, 6) is 0.721.